The van der Waals surface area contributed by atoms with Crippen molar-refractivity contribution in [1.29, 1.82) is 0 Å². The summed E-state index contributed by atoms with van der Waals surface area (Å²) in [5.41, 5.74) is 1.15. The molecule has 0 bridgehead atoms. The first-order valence-electron chi connectivity index (χ1n) is 5.73. The Morgan fingerprint density at radius 1 is 1.28 bits per heavy atom. The summed E-state index contributed by atoms with van der Waals surface area (Å²) < 4.78 is 0. The van der Waals surface area contributed by atoms with Gasteiger partial charge in [-0.2, -0.15) is 0 Å². The lowest BCUT2D eigenvalue weighted by molar-refractivity contribution is 0.0954. The van der Waals surface area contributed by atoms with Crippen molar-refractivity contribution in [2.24, 2.45) is 0 Å². The zero-order chi connectivity index (χ0) is 13.1. The van der Waals surface area contributed by atoms with Gasteiger partial charge < -0.3 is 10.4 Å². The van der Waals surface area contributed by atoms with Crippen LogP contribution in [0.1, 0.15) is 17.3 Å². The van der Waals surface area contributed by atoms with Crippen LogP contribution in [0.15, 0.2) is 48.6 Å². The van der Waals surface area contributed by atoms with Crippen LogP contribution in [0.3, 0.4) is 0 Å². The Hall–Kier alpha value is -2.29. The zero-order valence-corrected chi connectivity index (χ0v) is 10.2. The van der Waals surface area contributed by atoms with Crippen LogP contribution in [0.2, 0.25) is 0 Å². The van der Waals surface area contributed by atoms with E-state index in [0.717, 1.165) is 11.0 Å². The topological polar surface area (TPSA) is 49.3 Å². The zero-order valence-electron chi connectivity index (χ0n) is 10.2. The number of nitrogens with one attached hydrogen (secondary N) is 1. The summed E-state index contributed by atoms with van der Waals surface area (Å²) in [6.45, 7) is 5.96. The number of hydrogen-bond acceptors (Lipinski definition) is 2. The summed E-state index contributed by atoms with van der Waals surface area (Å²) in [6.07, 6.45) is 0. The first-order valence-corrected chi connectivity index (χ1v) is 5.73. The molecule has 92 valence electrons. The van der Waals surface area contributed by atoms with Crippen LogP contribution in [0.4, 0.5) is 0 Å². The summed E-state index contributed by atoms with van der Waals surface area (Å²) in [7, 11) is 0. The monoisotopic (exact) mass is 241 g/mol. The van der Waals surface area contributed by atoms with Crippen LogP contribution in [-0.2, 0) is 0 Å². The molecule has 1 amide bonds. The van der Waals surface area contributed by atoms with Crippen molar-refractivity contribution in [2.45, 2.75) is 6.92 Å². The van der Waals surface area contributed by atoms with E-state index in [0.29, 0.717) is 11.9 Å². The third-order valence-electron chi connectivity index (χ3n) is 2.70. The highest BCUT2D eigenvalue weighted by molar-refractivity contribution is 6.03. The number of fused-ring (bicyclic) bond motifs is 1. The molecule has 0 aliphatic heterocycles. The molecule has 2 aromatic carbocycles. The van der Waals surface area contributed by atoms with Gasteiger partial charge in [-0.3, -0.25) is 4.79 Å². The number of rotatable bonds is 3. The molecule has 0 aromatic heterocycles. The van der Waals surface area contributed by atoms with Gasteiger partial charge in [0.1, 0.15) is 5.75 Å². The molecule has 0 aliphatic carbocycles. The number of amides is 1. The maximum absolute atomic E-state index is 11.9. The summed E-state index contributed by atoms with van der Waals surface area (Å²) in [6, 6.07) is 10.9. The molecule has 0 saturated carbocycles. The van der Waals surface area contributed by atoms with E-state index in [2.05, 4.69) is 11.9 Å². The Morgan fingerprint density at radius 3 is 2.72 bits per heavy atom. The largest absolute Gasteiger partial charge is 0.506 e. The SMILES string of the molecule is C=C(C)CNC(=O)c1ccc2ccccc2c1O. The number of hydrogen-bond donors (Lipinski definition) is 2. The molecule has 2 aromatic rings. The average Bonchev–Trinajstić information content (AvgIpc) is 2.37. The van der Waals surface area contributed by atoms with Crippen molar-refractivity contribution in [3.63, 3.8) is 0 Å². The maximum Gasteiger partial charge on any atom is 0.255 e. The van der Waals surface area contributed by atoms with Crippen LogP contribution in [0.5, 0.6) is 5.75 Å². The number of aromatic hydroxyl groups is 1. The fraction of sp³-hybridized carbons (Fsp3) is 0.133. The molecule has 0 aliphatic rings. The molecular weight excluding hydrogens is 226 g/mol. The Labute approximate surface area is 106 Å². The summed E-state index contributed by atoms with van der Waals surface area (Å²) in [5.74, 6) is -0.270. The number of carbonyl (C=O) groups excluding carboxylic acids is 1. The van der Waals surface area contributed by atoms with E-state index in [1.165, 1.54) is 0 Å². The Balaban J connectivity index is 2.37. The molecule has 0 heterocycles. The average molecular weight is 241 g/mol. The van der Waals surface area contributed by atoms with Crippen LogP contribution < -0.4 is 5.32 Å². The van der Waals surface area contributed by atoms with Crippen LogP contribution in [0.25, 0.3) is 10.8 Å². The molecule has 2 rings (SSSR count). The van der Waals surface area contributed by atoms with E-state index >= 15 is 0 Å². The molecule has 18 heavy (non-hydrogen) atoms. The Kier molecular flexibility index (Phi) is 3.33. The van der Waals surface area contributed by atoms with Gasteiger partial charge in [0.05, 0.1) is 5.56 Å². The standard InChI is InChI=1S/C15H15NO2/c1-10(2)9-16-15(18)13-8-7-11-5-3-4-6-12(11)14(13)17/h3-8,17H,1,9H2,2H3,(H,16,18). The highest BCUT2D eigenvalue weighted by Gasteiger charge is 2.12. The van der Waals surface area contributed by atoms with E-state index in [9.17, 15) is 9.90 Å². The molecule has 0 radical (unpaired) electrons. The number of phenolic OH excluding ortho intramolecular Hbond substituents is 1. The lowest BCUT2D eigenvalue weighted by Crippen LogP contribution is -2.24. The number of carbonyl (C=O) groups is 1. The highest BCUT2D eigenvalue weighted by Crippen LogP contribution is 2.28. The summed E-state index contributed by atoms with van der Waals surface area (Å²) in [4.78, 5) is 11.9. The lowest BCUT2D eigenvalue weighted by atomic mass is 10.0. The Morgan fingerprint density at radius 2 is 2.00 bits per heavy atom. The third kappa shape index (κ3) is 2.35. The maximum atomic E-state index is 11.9. The van der Waals surface area contributed by atoms with Crippen molar-refractivity contribution < 1.29 is 9.90 Å². The predicted octanol–water partition coefficient (Wildman–Crippen LogP) is 2.85. The van der Waals surface area contributed by atoms with Crippen molar-refractivity contribution in [2.75, 3.05) is 6.54 Å². The Bertz CT molecular complexity index is 617. The third-order valence-corrected chi connectivity index (χ3v) is 2.70. The molecule has 0 fully saturated rings. The van der Waals surface area contributed by atoms with Gasteiger partial charge in [-0.25, -0.2) is 0 Å². The first-order chi connectivity index (χ1) is 8.59. The van der Waals surface area contributed by atoms with Crippen molar-refractivity contribution in [3.8, 4) is 5.75 Å². The minimum Gasteiger partial charge on any atom is -0.506 e. The molecule has 3 nitrogen and oxygen atoms in total. The van der Waals surface area contributed by atoms with Gasteiger partial charge >= 0.3 is 0 Å². The van der Waals surface area contributed by atoms with Crippen molar-refractivity contribution >= 4 is 16.7 Å². The minimum absolute atomic E-state index is 0.0207. The fourth-order valence-corrected chi connectivity index (χ4v) is 1.76. The van der Waals surface area contributed by atoms with Crippen LogP contribution in [-0.4, -0.2) is 17.6 Å². The molecule has 2 N–H and O–H groups in total. The van der Waals surface area contributed by atoms with E-state index in [-0.39, 0.29) is 17.2 Å². The molecule has 0 spiro atoms. The highest BCUT2D eigenvalue weighted by atomic mass is 16.3. The molecule has 0 atom stereocenters. The normalized spacial score (nSPS) is 10.3. The predicted molar refractivity (Wildman–Crippen MR) is 72.8 cm³/mol. The quantitative estimate of drug-likeness (QED) is 0.812. The smallest absolute Gasteiger partial charge is 0.255 e. The van der Waals surface area contributed by atoms with Gasteiger partial charge in [0.15, 0.2) is 0 Å². The van der Waals surface area contributed by atoms with Crippen molar-refractivity contribution in [1.82, 2.24) is 5.32 Å². The second-order valence-corrected chi connectivity index (χ2v) is 4.32. The van der Waals surface area contributed by atoms with Gasteiger partial charge in [-0.1, -0.05) is 42.5 Å². The molecule has 0 saturated heterocycles. The van der Waals surface area contributed by atoms with E-state index in [1.54, 1.807) is 12.1 Å². The molecule has 0 unspecified atom stereocenters. The number of phenols is 1. The molecular formula is C15H15NO2. The van der Waals surface area contributed by atoms with E-state index < -0.39 is 0 Å². The van der Waals surface area contributed by atoms with Gasteiger partial charge in [0.25, 0.3) is 5.91 Å². The minimum atomic E-state index is -0.291. The second kappa shape index (κ2) is 4.92. The van der Waals surface area contributed by atoms with Gasteiger partial charge in [-0.15, -0.1) is 0 Å². The molecule has 3 heteroatoms. The van der Waals surface area contributed by atoms with Gasteiger partial charge in [-0.05, 0) is 18.4 Å². The van der Waals surface area contributed by atoms with Gasteiger partial charge in [0.2, 0.25) is 0 Å². The summed E-state index contributed by atoms with van der Waals surface area (Å²) in [5, 5.41) is 14.4. The van der Waals surface area contributed by atoms with Crippen LogP contribution in [0, 0.1) is 0 Å². The van der Waals surface area contributed by atoms with E-state index in [1.807, 2.05) is 31.2 Å². The lowest BCUT2D eigenvalue weighted by Gasteiger charge is -2.08. The first kappa shape index (κ1) is 12.2. The summed E-state index contributed by atoms with van der Waals surface area (Å²) >= 11 is 0. The number of benzene rings is 2. The van der Waals surface area contributed by atoms with Crippen LogP contribution >= 0.6 is 0 Å². The second-order valence-electron chi connectivity index (χ2n) is 4.32. The fourth-order valence-electron chi connectivity index (χ4n) is 1.76. The van der Waals surface area contributed by atoms with E-state index in [4.69, 9.17) is 0 Å². The van der Waals surface area contributed by atoms with Crippen molar-refractivity contribution in [3.05, 3.63) is 54.1 Å². The van der Waals surface area contributed by atoms with Gasteiger partial charge in [0, 0.05) is 11.9 Å².